The van der Waals surface area contributed by atoms with Crippen LogP contribution in [0.15, 0.2) is 84.0 Å². The van der Waals surface area contributed by atoms with Gasteiger partial charge in [0.05, 0.1) is 12.0 Å². The van der Waals surface area contributed by atoms with Crippen LogP contribution >= 0.6 is 0 Å². The Morgan fingerprint density at radius 1 is 1.02 bits per heavy atom. The Morgan fingerprint density at radius 2 is 1.68 bits per heavy atom. The molecule has 1 saturated heterocycles. The lowest BCUT2D eigenvalue weighted by molar-refractivity contribution is -0.137. The van der Waals surface area contributed by atoms with Gasteiger partial charge in [0, 0.05) is 38.4 Å². The Labute approximate surface area is 241 Å². The second-order valence-corrected chi connectivity index (χ2v) is 12.0. The fourth-order valence-corrected chi connectivity index (χ4v) is 6.88. The number of hydrogen-bond acceptors (Lipinski definition) is 7. The lowest BCUT2D eigenvalue weighted by Gasteiger charge is -2.39. The summed E-state index contributed by atoms with van der Waals surface area (Å²) >= 11 is 0. The van der Waals surface area contributed by atoms with E-state index in [4.69, 9.17) is 4.74 Å². The summed E-state index contributed by atoms with van der Waals surface area (Å²) in [5, 5.41) is 9.67. The number of ether oxygens (including phenoxy) is 1. The molecule has 0 spiro atoms. The van der Waals surface area contributed by atoms with Crippen molar-refractivity contribution >= 4 is 21.8 Å². The van der Waals surface area contributed by atoms with Crippen LogP contribution in [0.25, 0.3) is 0 Å². The van der Waals surface area contributed by atoms with Crippen LogP contribution in [0.3, 0.4) is 0 Å². The van der Waals surface area contributed by atoms with Gasteiger partial charge < -0.3 is 9.64 Å². The number of hydroxylamine groups is 1. The van der Waals surface area contributed by atoms with Gasteiger partial charge in [-0.3, -0.25) is 19.8 Å². The molecule has 4 rings (SSSR count). The Kier molecular flexibility index (Phi) is 10.4. The number of likely N-dealkylation sites (tertiary alicyclic amines) is 1. The molecule has 0 bridgehead atoms. The molecule has 2 amide bonds. The first-order valence-corrected chi connectivity index (χ1v) is 15.1. The maximum Gasteiger partial charge on any atom is 0.262 e. The second-order valence-electron chi connectivity index (χ2n) is 10.1. The third kappa shape index (κ3) is 7.69. The number of carbonyl (C=O) groups is 2. The third-order valence-corrected chi connectivity index (χ3v) is 9.32. The maximum absolute atomic E-state index is 14.0. The van der Waals surface area contributed by atoms with Crippen molar-refractivity contribution in [3.05, 3.63) is 90.3 Å². The number of benzene rings is 2. The number of hydrogen-bond donors (Lipinski definition) is 2. The van der Waals surface area contributed by atoms with Gasteiger partial charge in [0.25, 0.3) is 5.91 Å². The normalized spacial score (nSPS) is 15.0. The van der Waals surface area contributed by atoms with Crippen LogP contribution in [0.5, 0.6) is 5.75 Å². The number of nitrogens with one attached hydrogen (secondary N) is 1. The highest BCUT2D eigenvalue weighted by Gasteiger charge is 2.42. The molecule has 2 N–H and O–H groups in total. The molecule has 3 aromatic rings. The van der Waals surface area contributed by atoms with E-state index in [1.807, 2.05) is 30.3 Å². The molecule has 11 heteroatoms. The molecule has 10 nitrogen and oxygen atoms in total. The number of aromatic nitrogens is 1. The molecular formula is C30H36N4O6S. The number of aryl methyl sites for hydroxylation is 1. The van der Waals surface area contributed by atoms with Gasteiger partial charge in [0.15, 0.2) is 0 Å². The van der Waals surface area contributed by atoms with Crippen LogP contribution < -0.4 is 10.2 Å². The zero-order chi connectivity index (χ0) is 29.2. The average Bonchev–Trinajstić information content (AvgIpc) is 3.02. The number of sulfonamides is 1. The van der Waals surface area contributed by atoms with E-state index in [0.29, 0.717) is 43.7 Å². The van der Waals surface area contributed by atoms with Crippen molar-refractivity contribution in [1.82, 2.24) is 19.7 Å². The van der Waals surface area contributed by atoms with Crippen LogP contribution in [0.4, 0.5) is 0 Å². The summed E-state index contributed by atoms with van der Waals surface area (Å²) in [6.45, 7) is 0.694. The smallest absolute Gasteiger partial charge is 0.262 e. The summed E-state index contributed by atoms with van der Waals surface area (Å²) < 4.78 is 34.3. The number of carbonyl (C=O) groups excluding carboxylic acids is 2. The second kappa shape index (κ2) is 14.2. The van der Waals surface area contributed by atoms with Crippen molar-refractivity contribution in [2.75, 3.05) is 20.2 Å². The van der Waals surface area contributed by atoms with Crippen molar-refractivity contribution in [2.45, 2.75) is 49.6 Å². The zero-order valence-electron chi connectivity index (χ0n) is 23.1. The number of piperidine rings is 1. The van der Waals surface area contributed by atoms with Gasteiger partial charge in [-0.25, -0.2) is 13.9 Å². The van der Waals surface area contributed by atoms with Crippen molar-refractivity contribution < 1.29 is 28.0 Å². The van der Waals surface area contributed by atoms with E-state index in [-0.39, 0.29) is 17.3 Å². The SMILES string of the molecule is COc1ccc(S(=O)(=O)N(Cc2ccncc2)[C@@H](C(=O)NO)C2CCN(C(=O)CCCc3ccccc3)CC2)cc1. The Hall–Kier alpha value is -3.80. The van der Waals surface area contributed by atoms with E-state index in [2.05, 4.69) is 4.98 Å². The maximum atomic E-state index is 14.0. The summed E-state index contributed by atoms with van der Waals surface area (Å²) in [5.74, 6) is -0.703. The minimum atomic E-state index is -4.19. The number of rotatable bonds is 12. The molecule has 0 aliphatic carbocycles. The van der Waals surface area contributed by atoms with Gasteiger partial charge in [-0.05, 0) is 79.1 Å². The number of amides is 2. The minimum absolute atomic E-state index is 0.00544. The van der Waals surface area contributed by atoms with Crippen LogP contribution in [-0.4, -0.2) is 65.9 Å². The predicted octanol–water partition coefficient (Wildman–Crippen LogP) is 3.42. The first kappa shape index (κ1) is 30.2. The average molecular weight is 581 g/mol. The fraction of sp³-hybridized carbons (Fsp3) is 0.367. The summed E-state index contributed by atoms with van der Waals surface area (Å²) in [6, 6.07) is 18.1. The monoisotopic (exact) mass is 580 g/mol. The van der Waals surface area contributed by atoms with E-state index in [1.165, 1.54) is 24.8 Å². The summed E-state index contributed by atoms with van der Waals surface area (Å²) in [6.07, 6.45) is 5.89. The van der Waals surface area contributed by atoms with Gasteiger partial charge in [0.2, 0.25) is 15.9 Å². The lowest BCUT2D eigenvalue weighted by atomic mass is 9.88. The minimum Gasteiger partial charge on any atom is -0.497 e. The van der Waals surface area contributed by atoms with Crippen molar-refractivity contribution in [3.63, 3.8) is 0 Å². The molecule has 1 aliphatic heterocycles. The molecule has 1 fully saturated rings. The van der Waals surface area contributed by atoms with Crippen LogP contribution in [0.2, 0.25) is 0 Å². The largest absolute Gasteiger partial charge is 0.497 e. The van der Waals surface area contributed by atoms with Crippen molar-refractivity contribution in [3.8, 4) is 5.75 Å². The first-order chi connectivity index (χ1) is 19.8. The zero-order valence-corrected chi connectivity index (χ0v) is 23.9. The molecule has 2 heterocycles. The molecule has 0 radical (unpaired) electrons. The molecule has 2 aromatic carbocycles. The van der Waals surface area contributed by atoms with Crippen LogP contribution in [0, 0.1) is 5.92 Å². The van der Waals surface area contributed by atoms with Gasteiger partial charge in [-0.1, -0.05) is 30.3 Å². The number of methoxy groups -OCH3 is 1. The topological polar surface area (TPSA) is 129 Å². The van der Waals surface area contributed by atoms with Crippen LogP contribution in [0.1, 0.15) is 36.8 Å². The Bertz CT molecular complexity index is 1380. The number of nitrogens with zero attached hydrogens (tertiary/aromatic N) is 3. The molecule has 41 heavy (non-hydrogen) atoms. The number of pyridine rings is 1. The Balaban J connectivity index is 1.52. The molecule has 218 valence electrons. The molecule has 1 atom stereocenters. The molecule has 1 aliphatic rings. The molecule has 0 saturated carbocycles. The summed E-state index contributed by atoms with van der Waals surface area (Å²) in [7, 11) is -2.70. The first-order valence-electron chi connectivity index (χ1n) is 13.6. The van der Waals surface area contributed by atoms with Crippen molar-refractivity contribution in [2.24, 2.45) is 5.92 Å². The van der Waals surface area contributed by atoms with E-state index >= 15 is 0 Å². The van der Waals surface area contributed by atoms with E-state index in [1.54, 1.807) is 47.0 Å². The van der Waals surface area contributed by atoms with E-state index in [0.717, 1.165) is 17.1 Å². The van der Waals surface area contributed by atoms with E-state index in [9.17, 15) is 23.2 Å². The molecule has 0 unspecified atom stereocenters. The van der Waals surface area contributed by atoms with Crippen molar-refractivity contribution in [1.29, 1.82) is 0 Å². The van der Waals surface area contributed by atoms with Gasteiger partial charge in [-0.15, -0.1) is 0 Å². The molecular weight excluding hydrogens is 544 g/mol. The van der Waals surface area contributed by atoms with Gasteiger partial charge >= 0.3 is 0 Å². The van der Waals surface area contributed by atoms with Gasteiger partial charge in [0.1, 0.15) is 11.8 Å². The standard InChI is InChI=1S/C30H36N4O6S/c1-40-26-10-12-27(13-11-26)41(38,39)34(22-24-14-18-31-19-15-24)29(30(36)32-37)25-16-20-33(21-17-25)28(35)9-5-8-23-6-3-2-4-7-23/h2-4,6-7,10-15,18-19,25,29,37H,5,8-9,16-17,20-22H2,1H3,(H,32,36)/t29-/m1/s1. The fourth-order valence-electron chi connectivity index (χ4n) is 5.24. The van der Waals surface area contributed by atoms with Gasteiger partial charge in [-0.2, -0.15) is 4.31 Å². The summed E-state index contributed by atoms with van der Waals surface area (Å²) in [4.78, 5) is 31.8. The van der Waals surface area contributed by atoms with E-state index < -0.39 is 27.9 Å². The lowest BCUT2D eigenvalue weighted by Crippen LogP contribution is -2.54. The highest BCUT2D eigenvalue weighted by Crippen LogP contribution is 2.31. The Morgan fingerprint density at radius 3 is 2.29 bits per heavy atom. The quantitative estimate of drug-likeness (QED) is 0.248. The summed E-state index contributed by atoms with van der Waals surface area (Å²) in [5.41, 5.74) is 3.51. The highest BCUT2D eigenvalue weighted by molar-refractivity contribution is 7.89. The predicted molar refractivity (Wildman–Crippen MR) is 152 cm³/mol. The third-order valence-electron chi connectivity index (χ3n) is 7.48. The highest BCUT2D eigenvalue weighted by atomic mass is 32.2. The van der Waals surface area contributed by atoms with Crippen LogP contribution in [-0.2, 0) is 32.6 Å². The molecule has 1 aromatic heterocycles.